The van der Waals surface area contributed by atoms with E-state index in [-0.39, 0.29) is 18.8 Å². The van der Waals surface area contributed by atoms with Gasteiger partial charge in [-0.1, -0.05) is 24.9 Å². The van der Waals surface area contributed by atoms with Crippen molar-refractivity contribution in [1.82, 2.24) is 9.78 Å². The summed E-state index contributed by atoms with van der Waals surface area (Å²) in [4.78, 5) is 0. The first-order valence-corrected chi connectivity index (χ1v) is 7.75. The van der Waals surface area contributed by atoms with Gasteiger partial charge in [-0.05, 0) is 31.6 Å². The summed E-state index contributed by atoms with van der Waals surface area (Å²) in [5, 5.41) is 4.62. The third-order valence-electron chi connectivity index (χ3n) is 4.27. The smallest absolute Gasteiger partial charge is 0.322 e. The van der Waals surface area contributed by atoms with Crippen LogP contribution in [0.1, 0.15) is 50.8 Å². The molecule has 0 aromatic carbocycles. The maximum Gasteiger partial charge on any atom is 0.391 e. The van der Waals surface area contributed by atoms with E-state index in [1.54, 1.807) is 4.68 Å². The van der Waals surface area contributed by atoms with Crippen LogP contribution in [0, 0.1) is 11.8 Å². The first-order chi connectivity index (χ1) is 9.84. The van der Waals surface area contributed by atoms with Crippen molar-refractivity contribution in [3.63, 3.8) is 0 Å². The minimum atomic E-state index is -4.13. The van der Waals surface area contributed by atoms with Crippen LogP contribution in [0.5, 0.6) is 0 Å². The molecule has 21 heavy (non-hydrogen) atoms. The van der Waals surface area contributed by atoms with Gasteiger partial charge in [0.25, 0.3) is 0 Å². The third kappa shape index (κ3) is 3.72. The van der Waals surface area contributed by atoms with Crippen LogP contribution in [-0.2, 0) is 6.54 Å². The number of aromatic nitrogens is 2. The van der Waals surface area contributed by atoms with E-state index in [0.717, 1.165) is 6.42 Å². The largest absolute Gasteiger partial charge is 0.391 e. The van der Waals surface area contributed by atoms with Gasteiger partial charge in [0, 0.05) is 6.54 Å². The summed E-state index contributed by atoms with van der Waals surface area (Å²) in [6, 6.07) is -0.489. The van der Waals surface area contributed by atoms with Gasteiger partial charge in [0.15, 0.2) is 0 Å². The summed E-state index contributed by atoms with van der Waals surface area (Å²) < 4.78 is 40.5. The Kier molecular flexibility index (Phi) is 5.20. The van der Waals surface area contributed by atoms with Crippen LogP contribution in [0.2, 0.25) is 5.02 Å². The van der Waals surface area contributed by atoms with Gasteiger partial charge in [-0.15, -0.1) is 0 Å². The lowest BCUT2D eigenvalue weighted by Crippen LogP contribution is -2.34. The monoisotopic (exact) mass is 323 g/mol. The second-order valence-electron chi connectivity index (χ2n) is 5.79. The number of nitrogens with two attached hydrogens (primary N) is 1. The molecule has 1 aromatic rings. The Morgan fingerprint density at radius 2 is 2.19 bits per heavy atom. The Hall–Kier alpha value is -0.750. The van der Waals surface area contributed by atoms with Crippen molar-refractivity contribution in [2.75, 3.05) is 0 Å². The van der Waals surface area contributed by atoms with E-state index in [0.29, 0.717) is 30.1 Å². The van der Waals surface area contributed by atoms with Crippen molar-refractivity contribution in [1.29, 1.82) is 0 Å². The Morgan fingerprint density at radius 3 is 2.81 bits per heavy atom. The molecule has 7 heteroatoms. The van der Waals surface area contributed by atoms with Crippen LogP contribution in [-0.4, -0.2) is 16.0 Å². The Bertz CT molecular complexity index is 473. The first-order valence-electron chi connectivity index (χ1n) is 7.38. The van der Waals surface area contributed by atoms with Gasteiger partial charge in [-0.3, -0.25) is 4.68 Å². The molecule has 1 aliphatic carbocycles. The molecule has 1 saturated carbocycles. The highest BCUT2D eigenvalue weighted by Gasteiger charge is 2.43. The molecular weight excluding hydrogens is 303 g/mol. The second kappa shape index (κ2) is 6.57. The molecule has 3 nitrogen and oxygen atoms in total. The zero-order chi connectivity index (χ0) is 15.6. The highest BCUT2D eigenvalue weighted by Crippen LogP contribution is 2.44. The van der Waals surface area contributed by atoms with E-state index in [9.17, 15) is 13.2 Å². The summed E-state index contributed by atoms with van der Waals surface area (Å²) in [5.74, 6) is -1.45. The van der Waals surface area contributed by atoms with E-state index >= 15 is 0 Å². The molecule has 0 aliphatic heterocycles. The van der Waals surface area contributed by atoms with Gasteiger partial charge in [-0.2, -0.15) is 18.3 Å². The molecule has 2 N–H and O–H groups in total. The summed E-state index contributed by atoms with van der Waals surface area (Å²) in [6.07, 6.45) is -0.188. The predicted octanol–water partition coefficient (Wildman–Crippen LogP) is 4.32. The standard InChI is InChI=1S/C14H21ClF3N3/c1-2-6-21-13(11(15)8-20-21)12(19)9-4-3-5-10(7-9)14(16,17)18/h8-10,12H,2-7,19H2,1H3. The number of halogens is 4. The number of hydrogen-bond donors (Lipinski definition) is 1. The maximum atomic E-state index is 12.9. The second-order valence-corrected chi connectivity index (χ2v) is 6.20. The molecule has 3 atom stereocenters. The first kappa shape index (κ1) is 16.6. The van der Waals surface area contributed by atoms with Crippen molar-refractivity contribution in [2.24, 2.45) is 17.6 Å². The quantitative estimate of drug-likeness (QED) is 0.897. The van der Waals surface area contributed by atoms with Crippen LogP contribution in [0.3, 0.4) is 0 Å². The molecule has 0 amide bonds. The number of nitrogens with zero attached hydrogens (tertiary/aromatic N) is 2. The summed E-state index contributed by atoms with van der Waals surface area (Å²) in [7, 11) is 0. The lowest BCUT2D eigenvalue weighted by atomic mass is 9.77. The van der Waals surface area contributed by atoms with E-state index in [1.807, 2.05) is 6.92 Å². The van der Waals surface area contributed by atoms with Crippen molar-refractivity contribution in [2.45, 2.75) is 57.8 Å². The highest BCUT2D eigenvalue weighted by molar-refractivity contribution is 6.31. The fourth-order valence-electron chi connectivity index (χ4n) is 3.17. The van der Waals surface area contributed by atoms with Crippen molar-refractivity contribution in [3.05, 3.63) is 16.9 Å². The predicted molar refractivity (Wildman–Crippen MR) is 76.0 cm³/mol. The molecular formula is C14H21ClF3N3. The molecule has 1 aliphatic rings. The normalized spacial score (nSPS) is 25.0. The molecule has 0 radical (unpaired) electrons. The molecule has 1 fully saturated rings. The minimum Gasteiger partial charge on any atom is -0.322 e. The molecule has 0 bridgehead atoms. The topological polar surface area (TPSA) is 43.8 Å². The Morgan fingerprint density at radius 1 is 1.48 bits per heavy atom. The van der Waals surface area contributed by atoms with Crippen molar-refractivity contribution >= 4 is 11.6 Å². The van der Waals surface area contributed by atoms with Crippen LogP contribution in [0.4, 0.5) is 13.2 Å². The fraction of sp³-hybridized carbons (Fsp3) is 0.786. The van der Waals surface area contributed by atoms with E-state index in [1.165, 1.54) is 6.20 Å². The molecule has 3 unspecified atom stereocenters. The van der Waals surface area contributed by atoms with Gasteiger partial charge >= 0.3 is 6.18 Å². The van der Waals surface area contributed by atoms with Gasteiger partial charge in [0.1, 0.15) is 0 Å². The van der Waals surface area contributed by atoms with E-state index < -0.39 is 18.1 Å². The van der Waals surface area contributed by atoms with Gasteiger partial charge in [0.2, 0.25) is 0 Å². The number of alkyl halides is 3. The SMILES string of the molecule is CCCn1ncc(Cl)c1C(N)C1CCCC(C(F)(F)F)C1. The summed E-state index contributed by atoms with van der Waals surface area (Å²) in [6.45, 7) is 2.68. The summed E-state index contributed by atoms with van der Waals surface area (Å²) >= 11 is 6.14. The molecule has 120 valence electrons. The highest BCUT2D eigenvalue weighted by atomic mass is 35.5. The van der Waals surface area contributed by atoms with Crippen molar-refractivity contribution < 1.29 is 13.2 Å². The molecule has 0 spiro atoms. The third-order valence-corrected chi connectivity index (χ3v) is 4.56. The zero-order valence-electron chi connectivity index (χ0n) is 12.0. The molecule has 2 rings (SSSR count). The van der Waals surface area contributed by atoms with Gasteiger partial charge in [0.05, 0.1) is 28.9 Å². The van der Waals surface area contributed by atoms with Crippen LogP contribution in [0.15, 0.2) is 6.20 Å². The molecule has 0 saturated heterocycles. The zero-order valence-corrected chi connectivity index (χ0v) is 12.8. The van der Waals surface area contributed by atoms with E-state index in [4.69, 9.17) is 17.3 Å². The minimum absolute atomic E-state index is 0.0816. The summed E-state index contributed by atoms with van der Waals surface area (Å²) in [5.41, 5.74) is 6.91. The number of rotatable bonds is 4. The van der Waals surface area contributed by atoms with Gasteiger partial charge in [-0.25, -0.2) is 0 Å². The molecule has 1 aromatic heterocycles. The Labute approximate surface area is 127 Å². The Balaban J connectivity index is 2.16. The molecule has 1 heterocycles. The number of aryl methyl sites for hydroxylation is 1. The van der Waals surface area contributed by atoms with Crippen LogP contribution >= 0.6 is 11.6 Å². The van der Waals surface area contributed by atoms with Crippen LogP contribution in [0.25, 0.3) is 0 Å². The van der Waals surface area contributed by atoms with Crippen molar-refractivity contribution in [3.8, 4) is 0 Å². The van der Waals surface area contributed by atoms with Gasteiger partial charge < -0.3 is 5.73 Å². The fourth-order valence-corrected chi connectivity index (χ4v) is 3.43. The van der Waals surface area contributed by atoms with Crippen LogP contribution < -0.4 is 5.73 Å². The van der Waals surface area contributed by atoms with E-state index in [2.05, 4.69) is 5.10 Å². The number of hydrogen-bond acceptors (Lipinski definition) is 2. The average molecular weight is 324 g/mol. The maximum absolute atomic E-state index is 12.9. The lowest BCUT2D eigenvalue weighted by molar-refractivity contribution is -0.186. The average Bonchev–Trinajstić information content (AvgIpc) is 2.79. The lowest BCUT2D eigenvalue weighted by Gasteiger charge is -2.34.